The van der Waals surface area contributed by atoms with Gasteiger partial charge in [-0.3, -0.25) is 0 Å². The Morgan fingerprint density at radius 3 is 2.25 bits per heavy atom. The molecule has 3 heteroatoms. The van der Waals surface area contributed by atoms with Crippen LogP contribution in [0, 0.1) is 6.92 Å². The molecule has 0 radical (unpaired) electrons. The zero-order valence-electron chi connectivity index (χ0n) is 15.7. The zero-order chi connectivity index (χ0) is 19.7. The molecule has 3 aromatic carbocycles. The van der Waals surface area contributed by atoms with Gasteiger partial charge in [0.25, 0.3) is 0 Å². The van der Waals surface area contributed by atoms with Gasteiger partial charge in [-0.15, -0.1) is 0 Å². The minimum Gasteiger partial charge on any atom is -0.478 e. The number of fused-ring (bicyclic) bond motifs is 1. The molecule has 1 aliphatic rings. The van der Waals surface area contributed by atoms with Crippen LogP contribution in [-0.4, -0.2) is 11.1 Å². The van der Waals surface area contributed by atoms with E-state index >= 15 is 0 Å². The molecule has 0 aromatic heterocycles. The van der Waals surface area contributed by atoms with E-state index in [4.69, 9.17) is 11.6 Å². The van der Waals surface area contributed by atoms with Gasteiger partial charge in [-0.25, -0.2) is 4.79 Å². The number of rotatable bonds is 3. The van der Waals surface area contributed by atoms with E-state index in [2.05, 4.69) is 43.3 Å². The van der Waals surface area contributed by atoms with Gasteiger partial charge in [0.1, 0.15) is 0 Å². The molecule has 4 rings (SSSR count). The highest BCUT2D eigenvalue weighted by molar-refractivity contribution is 6.30. The fourth-order valence-electron chi connectivity index (χ4n) is 3.91. The van der Waals surface area contributed by atoms with Crippen LogP contribution < -0.4 is 0 Å². The van der Waals surface area contributed by atoms with Crippen molar-refractivity contribution in [2.75, 3.05) is 0 Å². The summed E-state index contributed by atoms with van der Waals surface area (Å²) < 4.78 is 0. The number of carbonyl (C=O) groups is 1. The summed E-state index contributed by atoms with van der Waals surface area (Å²) in [7, 11) is 0. The lowest BCUT2D eigenvalue weighted by Gasteiger charge is -2.17. The summed E-state index contributed by atoms with van der Waals surface area (Å²) in [4.78, 5) is 11.5. The fourth-order valence-corrected chi connectivity index (χ4v) is 4.04. The standard InChI is InChI=1S/C25H21ClO2/c1-16-5-7-18(8-6-16)24-22(17-9-12-21(26)13-10-17)4-2-3-19-15-20(25(27)28)11-14-23(19)24/h5-15H,2-4H2,1H3,(H,27,28). The minimum atomic E-state index is -0.883. The number of carboxylic acid groups (broad SMARTS) is 1. The van der Waals surface area contributed by atoms with Gasteiger partial charge >= 0.3 is 5.97 Å². The summed E-state index contributed by atoms with van der Waals surface area (Å²) in [6, 6.07) is 22.1. The molecule has 0 bridgehead atoms. The van der Waals surface area contributed by atoms with E-state index in [1.165, 1.54) is 16.7 Å². The van der Waals surface area contributed by atoms with Crippen LogP contribution in [0.5, 0.6) is 0 Å². The first kappa shape index (κ1) is 18.5. The van der Waals surface area contributed by atoms with Crippen molar-refractivity contribution in [1.82, 2.24) is 0 Å². The molecule has 140 valence electrons. The second kappa shape index (κ2) is 7.65. The van der Waals surface area contributed by atoms with Crippen LogP contribution in [0.2, 0.25) is 5.02 Å². The molecule has 0 amide bonds. The van der Waals surface area contributed by atoms with Gasteiger partial charge in [0.15, 0.2) is 0 Å². The van der Waals surface area contributed by atoms with Gasteiger partial charge in [-0.05, 0) is 83.9 Å². The van der Waals surface area contributed by atoms with Crippen molar-refractivity contribution in [3.05, 3.63) is 105 Å². The highest BCUT2D eigenvalue weighted by Crippen LogP contribution is 2.40. The van der Waals surface area contributed by atoms with E-state index in [0.717, 1.165) is 46.5 Å². The number of aryl methyl sites for hydroxylation is 2. The van der Waals surface area contributed by atoms with Crippen molar-refractivity contribution in [2.24, 2.45) is 0 Å². The van der Waals surface area contributed by atoms with Gasteiger partial charge in [-0.2, -0.15) is 0 Å². The molecule has 0 saturated heterocycles. The Labute approximate surface area is 170 Å². The number of carboxylic acids is 1. The van der Waals surface area contributed by atoms with Gasteiger partial charge in [0.05, 0.1) is 5.56 Å². The van der Waals surface area contributed by atoms with E-state index in [0.29, 0.717) is 5.56 Å². The van der Waals surface area contributed by atoms with Crippen LogP contribution in [0.1, 0.15) is 51.0 Å². The molecule has 1 aliphatic carbocycles. The van der Waals surface area contributed by atoms with E-state index in [9.17, 15) is 9.90 Å². The highest BCUT2D eigenvalue weighted by atomic mass is 35.5. The lowest BCUT2D eigenvalue weighted by molar-refractivity contribution is 0.0696. The molecule has 0 fully saturated rings. The Morgan fingerprint density at radius 1 is 0.893 bits per heavy atom. The predicted octanol–water partition coefficient (Wildman–Crippen LogP) is 6.64. The van der Waals surface area contributed by atoms with Crippen molar-refractivity contribution >= 4 is 28.7 Å². The van der Waals surface area contributed by atoms with Gasteiger partial charge in [-0.1, -0.05) is 59.6 Å². The third kappa shape index (κ3) is 3.61. The Morgan fingerprint density at radius 2 is 1.57 bits per heavy atom. The molecule has 1 N–H and O–H groups in total. The first-order valence-corrected chi connectivity index (χ1v) is 9.83. The summed E-state index contributed by atoms with van der Waals surface area (Å²) in [5.74, 6) is -0.883. The van der Waals surface area contributed by atoms with Crippen LogP contribution >= 0.6 is 11.6 Å². The lowest BCUT2D eigenvalue weighted by atomic mass is 9.87. The third-order valence-electron chi connectivity index (χ3n) is 5.33. The molecule has 3 aromatic rings. The lowest BCUT2D eigenvalue weighted by Crippen LogP contribution is -2.01. The predicted molar refractivity (Wildman–Crippen MR) is 115 cm³/mol. The maximum absolute atomic E-state index is 11.5. The third-order valence-corrected chi connectivity index (χ3v) is 5.58. The average molecular weight is 389 g/mol. The molecule has 0 atom stereocenters. The molecule has 28 heavy (non-hydrogen) atoms. The fraction of sp³-hybridized carbons (Fsp3) is 0.160. The molecule has 0 saturated carbocycles. The van der Waals surface area contributed by atoms with Gasteiger partial charge in [0.2, 0.25) is 0 Å². The van der Waals surface area contributed by atoms with E-state index < -0.39 is 5.97 Å². The first-order valence-electron chi connectivity index (χ1n) is 9.45. The molecular weight excluding hydrogens is 368 g/mol. The Kier molecular flexibility index (Phi) is 5.06. The number of hydrogen-bond donors (Lipinski definition) is 1. The van der Waals surface area contributed by atoms with E-state index in [-0.39, 0.29) is 0 Å². The van der Waals surface area contributed by atoms with Crippen molar-refractivity contribution in [3.63, 3.8) is 0 Å². The number of benzene rings is 3. The monoisotopic (exact) mass is 388 g/mol. The van der Waals surface area contributed by atoms with Crippen LogP contribution in [0.3, 0.4) is 0 Å². The summed E-state index contributed by atoms with van der Waals surface area (Å²) in [5.41, 5.74) is 8.56. The molecule has 2 nitrogen and oxygen atoms in total. The Bertz CT molecular complexity index is 1060. The van der Waals surface area contributed by atoms with E-state index in [1.54, 1.807) is 6.07 Å². The number of hydrogen-bond acceptors (Lipinski definition) is 1. The largest absolute Gasteiger partial charge is 0.478 e. The molecule has 0 unspecified atom stereocenters. The highest BCUT2D eigenvalue weighted by Gasteiger charge is 2.21. The minimum absolute atomic E-state index is 0.344. The topological polar surface area (TPSA) is 37.3 Å². The molecule has 0 spiro atoms. The maximum atomic E-state index is 11.5. The first-order chi connectivity index (χ1) is 13.5. The summed E-state index contributed by atoms with van der Waals surface area (Å²) in [6.07, 6.45) is 2.77. The average Bonchev–Trinajstić information content (AvgIpc) is 2.88. The molecule has 0 heterocycles. The number of halogens is 1. The normalized spacial score (nSPS) is 13.8. The van der Waals surface area contributed by atoms with E-state index in [1.807, 2.05) is 24.3 Å². The SMILES string of the molecule is Cc1ccc(C2=C(c3ccc(Cl)cc3)CCCc3cc(C(=O)O)ccc32)cc1. The zero-order valence-corrected chi connectivity index (χ0v) is 16.5. The van der Waals surface area contributed by atoms with Gasteiger partial charge in [0, 0.05) is 5.02 Å². The van der Waals surface area contributed by atoms with Crippen LogP contribution in [-0.2, 0) is 6.42 Å². The quantitative estimate of drug-likeness (QED) is 0.545. The van der Waals surface area contributed by atoms with Crippen molar-refractivity contribution in [3.8, 4) is 0 Å². The van der Waals surface area contributed by atoms with Crippen LogP contribution in [0.15, 0.2) is 66.7 Å². The van der Waals surface area contributed by atoms with Crippen LogP contribution in [0.4, 0.5) is 0 Å². The van der Waals surface area contributed by atoms with Crippen molar-refractivity contribution in [2.45, 2.75) is 26.2 Å². The summed E-state index contributed by atoms with van der Waals surface area (Å²) >= 11 is 6.11. The second-order valence-electron chi connectivity index (χ2n) is 7.26. The van der Waals surface area contributed by atoms with Crippen molar-refractivity contribution in [1.29, 1.82) is 0 Å². The maximum Gasteiger partial charge on any atom is 0.335 e. The second-order valence-corrected chi connectivity index (χ2v) is 7.69. The summed E-state index contributed by atoms with van der Waals surface area (Å²) in [5, 5.41) is 10.1. The smallest absolute Gasteiger partial charge is 0.335 e. The van der Waals surface area contributed by atoms with Crippen LogP contribution in [0.25, 0.3) is 11.1 Å². The van der Waals surface area contributed by atoms with Crippen molar-refractivity contribution < 1.29 is 9.90 Å². The summed E-state index contributed by atoms with van der Waals surface area (Å²) in [6.45, 7) is 2.08. The molecular formula is C25H21ClO2. The van der Waals surface area contributed by atoms with Gasteiger partial charge < -0.3 is 5.11 Å². The number of aromatic carboxylic acids is 1. The Hall–Kier alpha value is -2.84. The number of allylic oxidation sites excluding steroid dienone is 1. The Balaban J connectivity index is 1.98. The molecule has 0 aliphatic heterocycles.